The molecule has 0 fully saturated rings. The zero-order valence-electron chi connectivity index (χ0n) is 17.1. The lowest BCUT2D eigenvalue weighted by atomic mass is 10.1. The highest BCUT2D eigenvalue weighted by atomic mass is 14.8. The van der Waals surface area contributed by atoms with E-state index in [1.54, 1.807) is 0 Å². The van der Waals surface area contributed by atoms with Gasteiger partial charge in [0.05, 0.1) is 5.69 Å². The number of hydrogen-bond acceptors (Lipinski definition) is 2. The van der Waals surface area contributed by atoms with E-state index in [9.17, 15) is 0 Å². The number of nitrogens with zero attached hydrogens (tertiary/aromatic N) is 2. The summed E-state index contributed by atoms with van der Waals surface area (Å²) in [6, 6.07) is 6.21. The number of rotatable bonds is 1. The number of aryl methyl sites for hydroxylation is 2. The minimum absolute atomic E-state index is 0.930. The van der Waals surface area contributed by atoms with Crippen molar-refractivity contribution in [2.24, 2.45) is 0 Å². The van der Waals surface area contributed by atoms with Gasteiger partial charge in [-0.2, -0.15) is 0 Å². The van der Waals surface area contributed by atoms with Crippen LogP contribution in [0, 0.1) is 13.8 Å². The Labute approximate surface area is 153 Å². The third-order valence-corrected chi connectivity index (χ3v) is 2.95. The summed E-state index contributed by atoms with van der Waals surface area (Å²) in [4.78, 5) is 11.9. The molecule has 0 atom stereocenters. The molecule has 3 nitrogen and oxygen atoms in total. The topological polar surface area (TPSA) is 41.6 Å². The molecule has 0 aromatic carbocycles. The van der Waals surface area contributed by atoms with Crippen molar-refractivity contribution in [2.75, 3.05) is 0 Å². The monoisotopic (exact) mass is 339 g/mol. The lowest BCUT2D eigenvalue weighted by Crippen LogP contribution is -1.86. The summed E-state index contributed by atoms with van der Waals surface area (Å²) in [5, 5.41) is 1.16. The van der Waals surface area contributed by atoms with E-state index in [1.807, 2.05) is 66.2 Å². The van der Waals surface area contributed by atoms with Gasteiger partial charge in [0.2, 0.25) is 0 Å². The molecule has 0 saturated carbocycles. The Morgan fingerprint density at radius 1 is 1.00 bits per heavy atom. The molecule has 1 N–H and O–H groups in total. The number of fused-ring (bicyclic) bond motifs is 1. The van der Waals surface area contributed by atoms with Gasteiger partial charge in [0, 0.05) is 29.5 Å². The molecule has 0 saturated heterocycles. The quantitative estimate of drug-likeness (QED) is 0.491. The predicted molar refractivity (Wildman–Crippen MR) is 112 cm³/mol. The molecule has 136 valence electrons. The van der Waals surface area contributed by atoms with Crippen LogP contribution in [-0.4, -0.2) is 15.0 Å². The van der Waals surface area contributed by atoms with E-state index >= 15 is 0 Å². The van der Waals surface area contributed by atoms with E-state index in [0.29, 0.717) is 0 Å². The van der Waals surface area contributed by atoms with Crippen LogP contribution in [0.1, 0.15) is 52.7 Å². The minimum atomic E-state index is 0.930. The van der Waals surface area contributed by atoms with E-state index in [1.165, 1.54) is 16.7 Å². The average Bonchev–Trinajstić information content (AvgIpc) is 2.99. The number of hydrogen-bond donors (Lipinski definition) is 1. The van der Waals surface area contributed by atoms with Crippen LogP contribution in [0.2, 0.25) is 0 Å². The normalized spacial score (nSPS) is 8.96. The fourth-order valence-corrected chi connectivity index (χ4v) is 1.97. The maximum atomic E-state index is 4.41. The summed E-state index contributed by atoms with van der Waals surface area (Å²) in [5.41, 5.74) is 6.55. The number of H-pyrrole nitrogens is 1. The first-order chi connectivity index (χ1) is 12.0. The fraction of sp³-hybridized carbons (Fsp3) is 0.364. The molecule has 3 aromatic heterocycles. The van der Waals surface area contributed by atoms with Crippen molar-refractivity contribution >= 4 is 11.0 Å². The Bertz CT molecular complexity index is 766. The van der Waals surface area contributed by atoms with E-state index in [2.05, 4.69) is 47.5 Å². The maximum Gasteiger partial charge on any atom is 0.137 e. The van der Waals surface area contributed by atoms with E-state index in [-0.39, 0.29) is 0 Å². The van der Waals surface area contributed by atoms with E-state index < -0.39 is 0 Å². The zero-order chi connectivity index (χ0) is 19.4. The first-order valence-corrected chi connectivity index (χ1v) is 8.96. The highest BCUT2D eigenvalue weighted by molar-refractivity contribution is 5.83. The molecule has 0 radical (unpaired) electrons. The fourth-order valence-electron chi connectivity index (χ4n) is 1.97. The van der Waals surface area contributed by atoms with Gasteiger partial charge >= 0.3 is 0 Å². The van der Waals surface area contributed by atoms with Crippen molar-refractivity contribution in [3.63, 3.8) is 0 Å². The van der Waals surface area contributed by atoms with Crippen molar-refractivity contribution in [3.05, 3.63) is 60.1 Å². The second kappa shape index (κ2) is 12.0. The Morgan fingerprint density at radius 2 is 1.60 bits per heavy atom. The standard InChI is InChI=1S/C14H13N3.C4H8.2C2H6/c1-9-3-4-15-13(5-9)11-6-12-10(2)7-16-14(12)17-8-11;1-4(2)3;2*1-2/h3-8H,1-2H3,(H,16,17);1H2,2-3H3;2*1-2H3. The number of aromatic amines is 1. The van der Waals surface area contributed by atoms with Crippen LogP contribution in [0.15, 0.2) is 48.9 Å². The van der Waals surface area contributed by atoms with Crippen LogP contribution in [0.5, 0.6) is 0 Å². The van der Waals surface area contributed by atoms with Crippen molar-refractivity contribution < 1.29 is 0 Å². The van der Waals surface area contributed by atoms with Crippen molar-refractivity contribution in [2.45, 2.75) is 55.4 Å². The first kappa shape index (κ1) is 22.6. The van der Waals surface area contributed by atoms with Crippen LogP contribution < -0.4 is 0 Å². The first-order valence-electron chi connectivity index (χ1n) is 8.96. The molecule has 0 bridgehead atoms. The molecule has 0 unspecified atom stereocenters. The van der Waals surface area contributed by atoms with Gasteiger partial charge in [0.25, 0.3) is 0 Å². The molecule has 3 aromatic rings. The number of allylic oxidation sites excluding steroid dienone is 1. The molecule has 0 spiro atoms. The molecule has 0 aliphatic carbocycles. The molecule has 3 heteroatoms. The SMILES string of the molecule is C=C(C)C.CC.CC.Cc1ccnc(-c2cnc3[nH]cc(C)c3c2)c1. The summed E-state index contributed by atoms with van der Waals surface area (Å²) in [5.74, 6) is 0. The molecule has 0 aliphatic heterocycles. The third kappa shape index (κ3) is 7.34. The molecular formula is C22H33N3. The smallest absolute Gasteiger partial charge is 0.137 e. The Kier molecular flexibility index (Phi) is 10.9. The predicted octanol–water partition coefficient (Wildman–Crippen LogP) is 6.88. The zero-order valence-corrected chi connectivity index (χ0v) is 17.1. The third-order valence-electron chi connectivity index (χ3n) is 2.95. The number of aromatic nitrogens is 3. The van der Waals surface area contributed by atoms with Gasteiger partial charge in [-0.1, -0.05) is 33.3 Å². The number of nitrogens with one attached hydrogen (secondary N) is 1. The van der Waals surface area contributed by atoms with Crippen LogP contribution in [0.3, 0.4) is 0 Å². The van der Waals surface area contributed by atoms with Crippen LogP contribution in [0.25, 0.3) is 22.3 Å². The highest BCUT2D eigenvalue weighted by Crippen LogP contribution is 2.23. The summed E-state index contributed by atoms with van der Waals surface area (Å²) in [7, 11) is 0. The summed E-state index contributed by atoms with van der Waals surface area (Å²) >= 11 is 0. The molecule has 25 heavy (non-hydrogen) atoms. The van der Waals surface area contributed by atoms with Gasteiger partial charge in [-0.3, -0.25) is 4.98 Å². The lowest BCUT2D eigenvalue weighted by molar-refractivity contribution is 1.27. The largest absolute Gasteiger partial charge is 0.346 e. The average molecular weight is 340 g/mol. The van der Waals surface area contributed by atoms with Crippen LogP contribution >= 0.6 is 0 Å². The van der Waals surface area contributed by atoms with Crippen LogP contribution in [-0.2, 0) is 0 Å². The van der Waals surface area contributed by atoms with Crippen molar-refractivity contribution in [3.8, 4) is 11.3 Å². The van der Waals surface area contributed by atoms with Crippen molar-refractivity contribution in [1.82, 2.24) is 15.0 Å². The minimum Gasteiger partial charge on any atom is -0.346 e. The van der Waals surface area contributed by atoms with Gasteiger partial charge in [-0.25, -0.2) is 4.98 Å². The van der Waals surface area contributed by atoms with Gasteiger partial charge in [-0.15, -0.1) is 6.58 Å². The maximum absolute atomic E-state index is 4.41. The van der Waals surface area contributed by atoms with E-state index in [4.69, 9.17) is 0 Å². The van der Waals surface area contributed by atoms with Crippen LogP contribution in [0.4, 0.5) is 0 Å². The van der Waals surface area contributed by atoms with Gasteiger partial charge < -0.3 is 4.98 Å². The van der Waals surface area contributed by atoms with E-state index in [0.717, 1.165) is 22.3 Å². The van der Waals surface area contributed by atoms with Crippen molar-refractivity contribution in [1.29, 1.82) is 0 Å². The Hall–Kier alpha value is -2.42. The second-order valence-corrected chi connectivity index (χ2v) is 5.52. The van der Waals surface area contributed by atoms with Gasteiger partial charge in [0.15, 0.2) is 0 Å². The number of pyridine rings is 2. The molecular weight excluding hydrogens is 306 g/mol. The van der Waals surface area contributed by atoms with Gasteiger partial charge in [0.1, 0.15) is 5.65 Å². The molecule has 3 rings (SSSR count). The Balaban J connectivity index is 0.000000625. The molecule has 0 amide bonds. The molecule has 3 heterocycles. The highest BCUT2D eigenvalue weighted by Gasteiger charge is 2.05. The van der Waals surface area contributed by atoms with Gasteiger partial charge in [-0.05, 0) is 57.0 Å². The Morgan fingerprint density at radius 3 is 2.16 bits per heavy atom. The summed E-state index contributed by atoms with van der Waals surface area (Å²) in [6.45, 7) is 19.6. The molecule has 0 aliphatic rings. The summed E-state index contributed by atoms with van der Waals surface area (Å²) in [6.07, 6.45) is 5.67. The summed E-state index contributed by atoms with van der Waals surface area (Å²) < 4.78 is 0. The second-order valence-electron chi connectivity index (χ2n) is 5.52. The lowest BCUT2D eigenvalue weighted by Gasteiger charge is -2.02.